The molecule has 1 heterocycles. The van der Waals surface area contributed by atoms with Crippen LogP contribution in [0.25, 0.3) is 0 Å². The van der Waals surface area contributed by atoms with Crippen molar-refractivity contribution >= 4 is 12.4 Å². The molecule has 19 heavy (non-hydrogen) atoms. The first-order valence-electron chi connectivity index (χ1n) is 7.13. The van der Waals surface area contributed by atoms with Crippen LogP contribution in [0.2, 0.25) is 0 Å². The van der Waals surface area contributed by atoms with Crippen molar-refractivity contribution in [1.29, 1.82) is 0 Å². The van der Waals surface area contributed by atoms with Crippen LogP contribution in [-0.4, -0.2) is 19.7 Å². The molecule has 1 fully saturated rings. The average Bonchev–Trinajstić information content (AvgIpc) is 2.40. The maximum atomic E-state index is 5.83. The summed E-state index contributed by atoms with van der Waals surface area (Å²) in [5.41, 5.74) is 2.69. The number of benzene rings is 1. The van der Waals surface area contributed by atoms with Gasteiger partial charge < -0.3 is 10.1 Å². The number of ether oxygens (including phenoxy) is 1. The lowest BCUT2D eigenvalue weighted by Gasteiger charge is -2.22. The maximum absolute atomic E-state index is 5.83. The van der Waals surface area contributed by atoms with Crippen LogP contribution in [-0.2, 0) is 11.3 Å². The fraction of sp³-hybridized carbons (Fsp3) is 0.625. The van der Waals surface area contributed by atoms with Gasteiger partial charge in [-0.3, -0.25) is 0 Å². The largest absolute Gasteiger partial charge is 0.376 e. The van der Waals surface area contributed by atoms with Crippen LogP contribution in [0.4, 0.5) is 0 Å². The van der Waals surface area contributed by atoms with E-state index in [9.17, 15) is 0 Å². The summed E-state index contributed by atoms with van der Waals surface area (Å²) in [6.45, 7) is 8.41. The minimum Gasteiger partial charge on any atom is -0.376 e. The first-order valence-corrected chi connectivity index (χ1v) is 7.13. The summed E-state index contributed by atoms with van der Waals surface area (Å²) in [5, 5.41) is 3.38. The van der Waals surface area contributed by atoms with Gasteiger partial charge in [0.2, 0.25) is 0 Å². The second-order valence-corrected chi connectivity index (χ2v) is 5.60. The molecule has 0 amide bonds. The number of piperidine rings is 1. The molecule has 1 aliphatic rings. The third-order valence-electron chi connectivity index (χ3n) is 3.73. The van der Waals surface area contributed by atoms with Gasteiger partial charge in [-0.1, -0.05) is 38.1 Å². The summed E-state index contributed by atoms with van der Waals surface area (Å²) in [7, 11) is 0. The van der Waals surface area contributed by atoms with Gasteiger partial charge >= 0.3 is 0 Å². The molecule has 3 heteroatoms. The van der Waals surface area contributed by atoms with E-state index < -0.39 is 0 Å². The quantitative estimate of drug-likeness (QED) is 0.889. The molecule has 2 rings (SSSR count). The molecule has 0 aliphatic carbocycles. The Hall–Kier alpha value is -0.570. The minimum absolute atomic E-state index is 0. The zero-order valence-corrected chi connectivity index (χ0v) is 12.8. The normalized spacial score (nSPS) is 16.4. The number of halogens is 1. The summed E-state index contributed by atoms with van der Waals surface area (Å²) in [4.78, 5) is 0. The number of rotatable bonds is 5. The van der Waals surface area contributed by atoms with Crippen LogP contribution in [0.15, 0.2) is 24.3 Å². The zero-order chi connectivity index (χ0) is 12.8. The molecular formula is C16H26ClNO. The Morgan fingerprint density at radius 1 is 1.16 bits per heavy atom. The molecule has 1 saturated heterocycles. The number of hydrogen-bond donors (Lipinski definition) is 1. The monoisotopic (exact) mass is 283 g/mol. The third kappa shape index (κ3) is 5.52. The average molecular weight is 284 g/mol. The van der Waals surface area contributed by atoms with E-state index in [1.165, 1.54) is 24.0 Å². The predicted octanol–water partition coefficient (Wildman–Crippen LogP) is 3.75. The predicted molar refractivity (Wildman–Crippen MR) is 83.0 cm³/mol. The molecule has 0 spiro atoms. The highest BCUT2D eigenvalue weighted by Crippen LogP contribution is 2.16. The lowest BCUT2D eigenvalue weighted by molar-refractivity contribution is 0.0763. The van der Waals surface area contributed by atoms with Crippen molar-refractivity contribution in [2.45, 2.75) is 39.2 Å². The smallest absolute Gasteiger partial charge is 0.0717 e. The molecule has 1 N–H and O–H groups in total. The fourth-order valence-corrected chi connectivity index (χ4v) is 2.39. The van der Waals surface area contributed by atoms with Crippen molar-refractivity contribution in [3.63, 3.8) is 0 Å². The first-order chi connectivity index (χ1) is 8.75. The summed E-state index contributed by atoms with van der Waals surface area (Å²) in [6, 6.07) is 8.82. The topological polar surface area (TPSA) is 21.3 Å². The van der Waals surface area contributed by atoms with Crippen LogP contribution in [0.3, 0.4) is 0 Å². The van der Waals surface area contributed by atoms with Crippen LogP contribution < -0.4 is 5.32 Å². The Bertz CT molecular complexity index is 344. The van der Waals surface area contributed by atoms with Gasteiger partial charge in [0.25, 0.3) is 0 Å². The highest BCUT2D eigenvalue weighted by molar-refractivity contribution is 5.85. The van der Waals surface area contributed by atoms with Gasteiger partial charge in [-0.05, 0) is 48.9 Å². The molecule has 0 aromatic heterocycles. The van der Waals surface area contributed by atoms with E-state index in [1.807, 2.05) is 0 Å². The van der Waals surface area contributed by atoms with Crippen LogP contribution in [0.1, 0.15) is 43.7 Å². The van der Waals surface area contributed by atoms with Gasteiger partial charge in [0.15, 0.2) is 0 Å². The lowest BCUT2D eigenvalue weighted by atomic mass is 9.99. The molecule has 0 saturated carbocycles. The Balaban J connectivity index is 0.00000180. The minimum atomic E-state index is 0. The molecule has 0 radical (unpaired) electrons. The van der Waals surface area contributed by atoms with Crippen molar-refractivity contribution in [3.8, 4) is 0 Å². The summed E-state index contributed by atoms with van der Waals surface area (Å²) < 4.78 is 5.83. The molecule has 1 aromatic rings. The van der Waals surface area contributed by atoms with E-state index in [4.69, 9.17) is 4.74 Å². The molecule has 1 aliphatic heterocycles. The van der Waals surface area contributed by atoms with Gasteiger partial charge in [-0.2, -0.15) is 0 Å². The van der Waals surface area contributed by atoms with Crippen molar-refractivity contribution in [1.82, 2.24) is 5.32 Å². The second-order valence-electron chi connectivity index (χ2n) is 5.60. The van der Waals surface area contributed by atoms with Gasteiger partial charge in [-0.25, -0.2) is 0 Å². The summed E-state index contributed by atoms with van der Waals surface area (Å²) in [6.07, 6.45) is 2.51. The van der Waals surface area contributed by atoms with E-state index in [1.54, 1.807) is 0 Å². The first kappa shape index (κ1) is 16.5. The van der Waals surface area contributed by atoms with Crippen LogP contribution in [0.5, 0.6) is 0 Å². The lowest BCUT2D eigenvalue weighted by Crippen LogP contribution is -2.29. The Labute approximate surface area is 123 Å². The second kappa shape index (κ2) is 8.57. The Kier molecular flexibility index (Phi) is 7.44. The van der Waals surface area contributed by atoms with Gasteiger partial charge in [0, 0.05) is 6.61 Å². The molecular weight excluding hydrogens is 258 g/mol. The van der Waals surface area contributed by atoms with E-state index >= 15 is 0 Å². The standard InChI is InChI=1S/C16H25NO.ClH/c1-13(2)16-5-3-14(4-6-16)11-18-12-15-7-9-17-10-8-15;/h3-6,13,15,17H,7-12H2,1-2H3;1H. The molecule has 2 nitrogen and oxygen atoms in total. The van der Waals surface area contributed by atoms with E-state index in [2.05, 4.69) is 43.4 Å². The number of nitrogens with one attached hydrogen (secondary N) is 1. The van der Waals surface area contributed by atoms with Crippen molar-refractivity contribution in [2.75, 3.05) is 19.7 Å². The van der Waals surface area contributed by atoms with Crippen molar-refractivity contribution in [2.24, 2.45) is 5.92 Å². The SMILES string of the molecule is CC(C)c1ccc(COCC2CCNCC2)cc1.Cl. The van der Waals surface area contributed by atoms with Crippen LogP contribution in [0, 0.1) is 5.92 Å². The zero-order valence-electron chi connectivity index (χ0n) is 12.0. The van der Waals surface area contributed by atoms with E-state index in [-0.39, 0.29) is 12.4 Å². The van der Waals surface area contributed by atoms with Gasteiger partial charge in [0.05, 0.1) is 6.61 Å². The Morgan fingerprint density at radius 2 is 1.79 bits per heavy atom. The van der Waals surface area contributed by atoms with E-state index in [0.29, 0.717) is 5.92 Å². The molecule has 1 aromatic carbocycles. The number of hydrogen-bond acceptors (Lipinski definition) is 2. The fourth-order valence-electron chi connectivity index (χ4n) is 2.39. The maximum Gasteiger partial charge on any atom is 0.0717 e. The summed E-state index contributed by atoms with van der Waals surface area (Å²) >= 11 is 0. The third-order valence-corrected chi connectivity index (χ3v) is 3.73. The highest BCUT2D eigenvalue weighted by atomic mass is 35.5. The summed E-state index contributed by atoms with van der Waals surface area (Å²) in [5.74, 6) is 1.36. The van der Waals surface area contributed by atoms with Gasteiger partial charge in [0.1, 0.15) is 0 Å². The van der Waals surface area contributed by atoms with Crippen LogP contribution >= 0.6 is 12.4 Å². The van der Waals surface area contributed by atoms with Crippen molar-refractivity contribution < 1.29 is 4.74 Å². The molecule has 0 unspecified atom stereocenters. The molecule has 0 bridgehead atoms. The Morgan fingerprint density at radius 3 is 2.37 bits per heavy atom. The van der Waals surface area contributed by atoms with Gasteiger partial charge in [-0.15, -0.1) is 12.4 Å². The van der Waals surface area contributed by atoms with Crippen molar-refractivity contribution in [3.05, 3.63) is 35.4 Å². The van der Waals surface area contributed by atoms with E-state index in [0.717, 1.165) is 32.2 Å². The highest BCUT2D eigenvalue weighted by Gasteiger charge is 2.12. The molecule has 108 valence electrons. The molecule has 0 atom stereocenters.